The zero-order valence-corrected chi connectivity index (χ0v) is 11.3. The van der Waals surface area contributed by atoms with Crippen molar-refractivity contribution >= 4 is 32.3 Å². The zero-order chi connectivity index (χ0) is 13.5. The molecule has 0 saturated carbocycles. The van der Waals surface area contributed by atoms with Crippen molar-refractivity contribution in [2.45, 2.75) is 0 Å². The van der Waals surface area contributed by atoms with Gasteiger partial charge in [-0.2, -0.15) is 0 Å². The van der Waals surface area contributed by atoms with Gasteiger partial charge in [0.05, 0.1) is 7.11 Å². The molecule has 0 heterocycles. The fraction of sp³-hybridized carbons (Fsp3) is 0.0526. The van der Waals surface area contributed by atoms with Gasteiger partial charge in [-0.15, -0.1) is 0 Å². The van der Waals surface area contributed by atoms with Gasteiger partial charge in [-0.25, -0.2) is 0 Å². The van der Waals surface area contributed by atoms with Crippen LogP contribution in [-0.2, 0) is 0 Å². The summed E-state index contributed by atoms with van der Waals surface area (Å²) in [5.41, 5.74) is 0. The average Bonchev–Trinajstić information content (AvgIpc) is 2.53. The molecule has 4 rings (SSSR count). The molecule has 0 aliphatic heterocycles. The van der Waals surface area contributed by atoms with E-state index in [1.807, 2.05) is 6.07 Å². The van der Waals surface area contributed by atoms with Crippen molar-refractivity contribution in [2.75, 3.05) is 7.11 Å². The van der Waals surface area contributed by atoms with Crippen LogP contribution in [0.4, 0.5) is 0 Å². The number of hydrogen-bond donors (Lipinski definition) is 0. The highest BCUT2D eigenvalue weighted by atomic mass is 16.5. The minimum atomic E-state index is 0.900. The molecule has 4 aromatic rings. The van der Waals surface area contributed by atoms with E-state index in [4.69, 9.17) is 4.74 Å². The van der Waals surface area contributed by atoms with Gasteiger partial charge in [0.1, 0.15) is 5.75 Å². The molecule has 4 aromatic carbocycles. The summed E-state index contributed by atoms with van der Waals surface area (Å²) in [6, 6.07) is 23.6. The quantitative estimate of drug-likeness (QED) is 0.429. The molecule has 1 heteroatoms. The Kier molecular flexibility index (Phi) is 2.40. The lowest BCUT2D eigenvalue weighted by atomic mass is 9.96. The molecule has 0 fully saturated rings. The molecule has 20 heavy (non-hydrogen) atoms. The predicted octanol–water partition coefficient (Wildman–Crippen LogP) is 5.15. The monoisotopic (exact) mass is 258 g/mol. The van der Waals surface area contributed by atoms with E-state index in [-0.39, 0.29) is 0 Å². The maximum atomic E-state index is 5.32. The number of benzene rings is 4. The van der Waals surface area contributed by atoms with Crippen LogP contribution in [-0.4, -0.2) is 7.11 Å². The van der Waals surface area contributed by atoms with Gasteiger partial charge < -0.3 is 4.74 Å². The van der Waals surface area contributed by atoms with Gasteiger partial charge in [0, 0.05) is 0 Å². The second kappa shape index (κ2) is 4.24. The number of hydrogen-bond acceptors (Lipinski definition) is 1. The van der Waals surface area contributed by atoms with Crippen molar-refractivity contribution < 1.29 is 4.74 Å². The van der Waals surface area contributed by atoms with E-state index in [1.165, 1.54) is 32.3 Å². The standard InChI is InChI=1S/C19H14O/c1-20-16-10-11-18-15(12-16)9-8-14-7-6-13-4-2-3-5-17(13)19(14)18/h2-12H,1H3. The molecule has 0 aromatic heterocycles. The van der Waals surface area contributed by atoms with Crippen LogP contribution in [0.25, 0.3) is 32.3 Å². The number of ether oxygens (including phenoxy) is 1. The first-order valence-electron chi connectivity index (χ1n) is 6.75. The minimum absolute atomic E-state index is 0.900. The largest absolute Gasteiger partial charge is 0.497 e. The fourth-order valence-corrected chi connectivity index (χ4v) is 2.94. The third kappa shape index (κ3) is 1.56. The maximum Gasteiger partial charge on any atom is 0.119 e. The van der Waals surface area contributed by atoms with Crippen molar-refractivity contribution in [2.24, 2.45) is 0 Å². The second-order valence-corrected chi connectivity index (χ2v) is 5.04. The lowest BCUT2D eigenvalue weighted by Crippen LogP contribution is -1.84. The van der Waals surface area contributed by atoms with Crippen LogP contribution in [0.1, 0.15) is 0 Å². The first kappa shape index (κ1) is 11.3. The van der Waals surface area contributed by atoms with Crippen LogP contribution < -0.4 is 4.74 Å². The Morgan fingerprint density at radius 1 is 0.650 bits per heavy atom. The fourth-order valence-electron chi connectivity index (χ4n) is 2.94. The minimum Gasteiger partial charge on any atom is -0.497 e. The molecule has 0 amide bonds. The summed E-state index contributed by atoms with van der Waals surface area (Å²) in [4.78, 5) is 0. The lowest BCUT2D eigenvalue weighted by Gasteiger charge is -2.09. The summed E-state index contributed by atoms with van der Waals surface area (Å²) in [5, 5.41) is 7.68. The number of fused-ring (bicyclic) bond motifs is 5. The van der Waals surface area contributed by atoms with Crippen molar-refractivity contribution in [3.63, 3.8) is 0 Å². The van der Waals surface area contributed by atoms with Crippen LogP contribution >= 0.6 is 0 Å². The van der Waals surface area contributed by atoms with E-state index in [2.05, 4.69) is 60.7 Å². The summed E-state index contributed by atoms with van der Waals surface area (Å²) < 4.78 is 5.32. The lowest BCUT2D eigenvalue weighted by molar-refractivity contribution is 0.415. The van der Waals surface area contributed by atoms with Gasteiger partial charge in [0.2, 0.25) is 0 Å². The SMILES string of the molecule is COc1ccc2c(ccc3ccc4ccccc4c32)c1. The van der Waals surface area contributed by atoms with Gasteiger partial charge in [0.15, 0.2) is 0 Å². The third-order valence-corrected chi connectivity index (χ3v) is 3.93. The predicted molar refractivity (Wildman–Crippen MR) is 85.5 cm³/mol. The van der Waals surface area contributed by atoms with E-state index in [0.717, 1.165) is 5.75 Å². The molecule has 0 atom stereocenters. The topological polar surface area (TPSA) is 9.23 Å². The van der Waals surface area contributed by atoms with Gasteiger partial charge in [-0.1, -0.05) is 54.6 Å². The Morgan fingerprint density at radius 3 is 2.20 bits per heavy atom. The number of methoxy groups -OCH3 is 1. The molecule has 0 spiro atoms. The molecule has 0 saturated heterocycles. The van der Waals surface area contributed by atoms with Crippen LogP contribution in [0, 0.1) is 0 Å². The van der Waals surface area contributed by atoms with E-state index < -0.39 is 0 Å². The molecule has 0 N–H and O–H groups in total. The van der Waals surface area contributed by atoms with Gasteiger partial charge in [-0.05, 0) is 44.5 Å². The maximum absolute atomic E-state index is 5.32. The molecule has 0 aliphatic rings. The molecular formula is C19H14O. The molecule has 0 aliphatic carbocycles. The molecule has 0 unspecified atom stereocenters. The summed E-state index contributed by atoms with van der Waals surface area (Å²) in [6.07, 6.45) is 0. The average molecular weight is 258 g/mol. The van der Waals surface area contributed by atoms with Crippen molar-refractivity contribution in [1.82, 2.24) is 0 Å². The molecule has 0 radical (unpaired) electrons. The van der Waals surface area contributed by atoms with Crippen molar-refractivity contribution in [3.8, 4) is 5.75 Å². The highest BCUT2D eigenvalue weighted by Gasteiger charge is 2.05. The molecule has 0 bridgehead atoms. The molecular weight excluding hydrogens is 244 g/mol. The van der Waals surface area contributed by atoms with Crippen molar-refractivity contribution in [1.29, 1.82) is 0 Å². The van der Waals surface area contributed by atoms with Crippen LogP contribution in [0.5, 0.6) is 5.75 Å². The Morgan fingerprint density at radius 2 is 1.35 bits per heavy atom. The summed E-state index contributed by atoms with van der Waals surface area (Å²) in [7, 11) is 1.71. The van der Waals surface area contributed by atoms with Gasteiger partial charge in [0.25, 0.3) is 0 Å². The van der Waals surface area contributed by atoms with Crippen LogP contribution in [0.3, 0.4) is 0 Å². The summed E-state index contributed by atoms with van der Waals surface area (Å²) >= 11 is 0. The Labute approximate surface area is 117 Å². The first-order valence-corrected chi connectivity index (χ1v) is 6.75. The Hall–Kier alpha value is -2.54. The molecule has 1 nitrogen and oxygen atoms in total. The zero-order valence-electron chi connectivity index (χ0n) is 11.3. The molecule has 96 valence electrons. The summed E-state index contributed by atoms with van der Waals surface area (Å²) in [5.74, 6) is 0.900. The van der Waals surface area contributed by atoms with Crippen LogP contribution in [0.2, 0.25) is 0 Å². The van der Waals surface area contributed by atoms with Gasteiger partial charge >= 0.3 is 0 Å². The normalized spacial score (nSPS) is 11.2. The number of rotatable bonds is 1. The van der Waals surface area contributed by atoms with E-state index in [1.54, 1.807) is 7.11 Å². The van der Waals surface area contributed by atoms with E-state index in [0.29, 0.717) is 0 Å². The van der Waals surface area contributed by atoms with Crippen LogP contribution in [0.15, 0.2) is 66.7 Å². The Balaban J connectivity index is 2.24. The van der Waals surface area contributed by atoms with E-state index >= 15 is 0 Å². The third-order valence-electron chi connectivity index (χ3n) is 3.93. The first-order chi connectivity index (χ1) is 9.86. The second-order valence-electron chi connectivity index (χ2n) is 5.04. The van der Waals surface area contributed by atoms with E-state index in [9.17, 15) is 0 Å². The Bertz CT molecular complexity index is 938. The summed E-state index contributed by atoms with van der Waals surface area (Å²) in [6.45, 7) is 0. The smallest absolute Gasteiger partial charge is 0.119 e. The highest BCUT2D eigenvalue weighted by Crippen LogP contribution is 2.33. The van der Waals surface area contributed by atoms with Crippen molar-refractivity contribution in [3.05, 3.63) is 66.7 Å². The highest BCUT2D eigenvalue weighted by molar-refractivity contribution is 6.20. The van der Waals surface area contributed by atoms with Gasteiger partial charge in [-0.3, -0.25) is 0 Å².